The fraction of sp³-hybridized carbons (Fsp3) is 0.833. The fourth-order valence-electron chi connectivity index (χ4n) is 1.82. The molecule has 1 aliphatic rings. The van der Waals surface area contributed by atoms with Crippen molar-refractivity contribution in [2.24, 2.45) is 0 Å². The molecule has 6 nitrogen and oxygen atoms in total. The number of rotatable bonds is 3. The first-order chi connectivity index (χ1) is 8.26. The molecule has 1 amide bonds. The first-order valence-electron chi connectivity index (χ1n) is 6.09. The van der Waals surface area contributed by atoms with Gasteiger partial charge >= 0.3 is 12.1 Å². The molecule has 1 fully saturated rings. The highest BCUT2D eigenvalue weighted by molar-refractivity contribution is 5.68. The number of ether oxygens (including phenoxy) is 2. The molecule has 1 rings (SSSR count). The molecule has 0 aliphatic carbocycles. The molecule has 6 heteroatoms. The van der Waals surface area contributed by atoms with Crippen LogP contribution in [0.3, 0.4) is 0 Å². The van der Waals surface area contributed by atoms with Crippen molar-refractivity contribution in [3.63, 3.8) is 0 Å². The number of carbonyl (C=O) groups is 2. The number of amides is 1. The van der Waals surface area contributed by atoms with E-state index in [4.69, 9.17) is 14.6 Å². The molecular formula is C12H21NO5. The van der Waals surface area contributed by atoms with Crippen LogP contribution >= 0.6 is 0 Å². The van der Waals surface area contributed by atoms with Crippen molar-refractivity contribution in [1.82, 2.24) is 5.32 Å². The molecule has 2 unspecified atom stereocenters. The lowest BCUT2D eigenvalue weighted by Gasteiger charge is -2.30. The molecule has 0 radical (unpaired) electrons. The molecule has 18 heavy (non-hydrogen) atoms. The van der Waals surface area contributed by atoms with Crippen LogP contribution in [0.15, 0.2) is 0 Å². The van der Waals surface area contributed by atoms with E-state index in [1.54, 1.807) is 20.8 Å². The van der Waals surface area contributed by atoms with Gasteiger partial charge in [0.25, 0.3) is 0 Å². The maximum absolute atomic E-state index is 11.6. The summed E-state index contributed by atoms with van der Waals surface area (Å²) in [5.41, 5.74) is -0.532. The molecule has 0 saturated carbocycles. The Balaban J connectivity index is 2.38. The highest BCUT2D eigenvalue weighted by Crippen LogP contribution is 2.17. The van der Waals surface area contributed by atoms with Gasteiger partial charge in [-0.05, 0) is 33.6 Å². The fourth-order valence-corrected chi connectivity index (χ4v) is 1.82. The van der Waals surface area contributed by atoms with Crippen LogP contribution in [0.4, 0.5) is 4.79 Å². The highest BCUT2D eigenvalue weighted by Gasteiger charge is 2.27. The molecular weight excluding hydrogens is 238 g/mol. The third-order valence-electron chi connectivity index (χ3n) is 2.49. The number of nitrogens with one attached hydrogen (secondary N) is 1. The number of hydrogen-bond acceptors (Lipinski definition) is 4. The summed E-state index contributed by atoms with van der Waals surface area (Å²) < 4.78 is 10.5. The van der Waals surface area contributed by atoms with Crippen LogP contribution in [0.2, 0.25) is 0 Å². The minimum atomic E-state index is -0.891. The van der Waals surface area contributed by atoms with E-state index in [9.17, 15) is 9.59 Å². The summed E-state index contributed by atoms with van der Waals surface area (Å²) in [6, 6.07) is -0.0852. The Kier molecular flexibility index (Phi) is 4.95. The van der Waals surface area contributed by atoms with E-state index in [2.05, 4.69) is 5.32 Å². The van der Waals surface area contributed by atoms with E-state index < -0.39 is 17.7 Å². The largest absolute Gasteiger partial charge is 0.481 e. The third-order valence-corrected chi connectivity index (χ3v) is 2.49. The van der Waals surface area contributed by atoms with Crippen LogP contribution in [-0.2, 0) is 14.3 Å². The molecule has 2 atom stereocenters. The highest BCUT2D eigenvalue weighted by atomic mass is 16.6. The van der Waals surface area contributed by atoms with Gasteiger partial charge in [-0.25, -0.2) is 4.79 Å². The van der Waals surface area contributed by atoms with Gasteiger partial charge in [0.1, 0.15) is 5.60 Å². The van der Waals surface area contributed by atoms with Crippen molar-refractivity contribution in [3.8, 4) is 0 Å². The number of carboxylic acid groups (broad SMARTS) is 1. The van der Waals surface area contributed by atoms with E-state index in [0.29, 0.717) is 19.4 Å². The molecule has 1 heterocycles. The van der Waals surface area contributed by atoms with E-state index in [1.165, 1.54) is 0 Å². The Labute approximate surface area is 107 Å². The average Bonchev–Trinajstić information content (AvgIpc) is 2.13. The Bertz CT molecular complexity index is 310. The predicted octanol–water partition coefficient (Wildman–Crippen LogP) is 1.53. The summed E-state index contributed by atoms with van der Waals surface area (Å²) in [4.78, 5) is 22.2. The van der Waals surface area contributed by atoms with E-state index in [-0.39, 0.29) is 18.6 Å². The number of alkyl carbamates (subject to hydrolysis) is 1. The molecule has 1 saturated heterocycles. The molecule has 0 aromatic rings. The lowest BCUT2D eigenvalue weighted by molar-refractivity contribution is -0.141. The van der Waals surface area contributed by atoms with Crippen molar-refractivity contribution in [2.75, 3.05) is 6.61 Å². The maximum atomic E-state index is 11.6. The van der Waals surface area contributed by atoms with Crippen molar-refractivity contribution in [3.05, 3.63) is 0 Å². The second kappa shape index (κ2) is 6.04. The second-order valence-electron chi connectivity index (χ2n) is 5.46. The standard InChI is InChI=1S/C12H21NO5/c1-12(2,3)18-11(16)13-8-4-5-17-9(6-8)7-10(14)15/h8-9H,4-7H2,1-3H3,(H,13,16)(H,14,15). The second-order valence-corrected chi connectivity index (χ2v) is 5.46. The zero-order valence-electron chi connectivity index (χ0n) is 11.1. The van der Waals surface area contributed by atoms with Gasteiger partial charge in [0.05, 0.1) is 12.5 Å². The molecule has 2 N–H and O–H groups in total. The topological polar surface area (TPSA) is 84.9 Å². The Morgan fingerprint density at radius 1 is 1.44 bits per heavy atom. The van der Waals surface area contributed by atoms with Crippen LogP contribution in [0.5, 0.6) is 0 Å². The van der Waals surface area contributed by atoms with Crippen LogP contribution in [0.1, 0.15) is 40.0 Å². The first kappa shape index (κ1) is 14.8. The normalized spacial score (nSPS) is 24.4. The Hall–Kier alpha value is -1.30. The van der Waals surface area contributed by atoms with Crippen molar-refractivity contribution in [1.29, 1.82) is 0 Å². The summed E-state index contributed by atoms with van der Waals surface area (Å²) in [5.74, 6) is -0.891. The van der Waals surface area contributed by atoms with Crippen LogP contribution in [0.25, 0.3) is 0 Å². The number of aliphatic carboxylic acids is 1. The molecule has 104 valence electrons. The Morgan fingerprint density at radius 2 is 2.11 bits per heavy atom. The summed E-state index contributed by atoms with van der Waals surface area (Å²) in [6.45, 7) is 5.84. The van der Waals surface area contributed by atoms with Gasteiger partial charge in [0.2, 0.25) is 0 Å². The SMILES string of the molecule is CC(C)(C)OC(=O)NC1CCOC(CC(=O)O)C1. The van der Waals surface area contributed by atoms with E-state index in [1.807, 2.05) is 0 Å². The molecule has 0 aromatic carbocycles. The maximum Gasteiger partial charge on any atom is 0.407 e. The van der Waals surface area contributed by atoms with Gasteiger partial charge in [-0.1, -0.05) is 0 Å². The van der Waals surface area contributed by atoms with Crippen LogP contribution in [-0.4, -0.2) is 41.5 Å². The lowest BCUT2D eigenvalue weighted by Crippen LogP contribution is -2.44. The van der Waals surface area contributed by atoms with Crippen molar-refractivity contribution in [2.45, 2.75) is 57.8 Å². The molecule has 0 aromatic heterocycles. The molecule has 0 bridgehead atoms. The zero-order valence-corrected chi connectivity index (χ0v) is 11.1. The van der Waals surface area contributed by atoms with E-state index in [0.717, 1.165) is 0 Å². The average molecular weight is 259 g/mol. The molecule has 1 aliphatic heterocycles. The van der Waals surface area contributed by atoms with E-state index >= 15 is 0 Å². The summed E-state index contributed by atoms with van der Waals surface area (Å²) >= 11 is 0. The number of hydrogen-bond donors (Lipinski definition) is 2. The number of carbonyl (C=O) groups excluding carboxylic acids is 1. The van der Waals surface area contributed by atoms with Crippen molar-refractivity contribution >= 4 is 12.1 Å². The summed E-state index contributed by atoms with van der Waals surface area (Å²) in [5, 5.41) is 11.4. The van der Waals surface area contributed by atoms with Gasteiger partial charge in [-0.2, -0.15) is 0 Å². The van der Waals surface area contributed by atoms with Crippen molar-refractivity contribution < 1.29 is 24.2 Å². The first-order valence-corrected chi connectivity index (χ1v) is 6.09. The van der Waals surface area contributed by atoms with Gasteiger partial charge in [-0.3, -0.25) is 4.79 Å². The van der Waals surface area contributed by atoms with Gasteiger partial charge in [0.15, 0.2) is 0 Å². The minimum Gasteiger partial charge on any atom is -0.481 e. The van der Waals surface area contributed by atoms with Crippen LogP contribution in [0, 0.1) is 0 Å². The quantitative estimate of drug-likeness (QED) is 0.803. The summed E-state index contributed by atoms with van der Waals surface area (Å²) in [6.07, 6.45) is 0.340. The monoisotopic (exact) mass is 259 g/mol. The lowest BCUT2D eigenvalue weighted by atomic mass is 10.0. The molecule has 0 spiro atoms. The Morgan fingerprint density at radius 3 is 2.67 bits per heavy atom. The number of carboxylic acids is 1. The predicted molar refractivity (Wildman–Crippen MR) is 64.4 cm³/mol. The van der Waals surface area contributed by atoms with Crippen LogP contribution < -0.4 is 5.32 Å². The smallest absolute Gasteiger partial charge is 0.407 e. The third kappa shape index (κ3) is 5.86. The van der Waals surface area contributed by atoms with Gasteiger partial charge in [-0.15, -0.1) is 0 Å². The van der Waals surface area contributed by atoms with Gasteiger partial charge in [0, 0.05) is 12.6 Å². The zero-order chi connectivity index (χ0) is 13.8. The van der Waals surface area contributed by atoms with Gasteiger partial charge < -0.3 is 19.9 Å². The minimum absolute atomic E-state index is 0.0352. The summed E-state index contributed by atoms with van der Waals surface area (Å²) in [7, 11) is 0.